The van der Waals surface area contributed by atoms with Gasteiger partial charge in [0.05, 0.1) is 0 Å². The molecule has 0 aliphatic rings. The number of amides is 1. The molecule has 0 atom stereocenters. The lowest BCUT2D eigenvalue weighted by atomic mass is 10.3. The van der Waals surface area contributed by atoms with Gasteiger partial charge in [-0.15, -0.1) is 0 Å². The van der Waals surface area contributed by atoms with Gasteiger partial charge in [0.15, 0.2) is 0 Å². The van der Waals surface area contributed by atoms with Crippen molar-refractivity contribution < 1.29 is 4.79 Å². The van der Waals surface area contributed by atoms with Crippen molar-refractivity contribution in [2.24, 2.45) is 0 Å². The van der Waals surface area contributed by atoms with Crippen molar-refractivity contribution in [3.63, 3.8) is 0 Å². The van der Waals surface area contributed by atoms with Gasteiger partial charge in [-0.1, -0.05) is 6.92 Å². The van der Waals surface area contributed by atoms with Crippen LogP contribution in [-0.2, 0) is 6.54 Å². The molecule has 1 rings (SSSR count). The molecule has 1 heterocycles. The maximum atomic E-state index is 12.6. The molecule has 0 unspecified atom stereocenters. The smallest absolute Gasteiger partial charge is 0.270 e. The summed E-state index contributed by atoms with van der Waals surface area (Å²) in [7, 11) is 4.06. The number of hydrogen-bond donors (Lipinski definition) is 0. The molecule has 0 aromatic carbocycles. The maximum Gasteiger partial charge on any atom is 0.270 e. The molecule has 0 bridgehead atoms. The van der Waals surface area contributed by atoms with Gasteiger partial charge in [0.25, 0.3) is 5.91 Å². The van der Waals surface area contributed by atoms with Crippen LogP contribution in [0.3, 0.4) is 0 Å². The Morgan fingerprint density at radius 3 is 2.47 bits per heavy atom. The lowest BCUT2D eigenvalue weighted by Gasteiger charge is -2.24. The quantitative estimate of drug-likeness (QED) is 0.769. The first-order valence-corrected chi connectivity index (χ1v) is 7.58. The average molecular weight is 330 g/mol. The zero-order valence-corrected chi connectivity index (χ0v) is 13.9. The van der Waals surface area contributed by atoms with Crippen LogP contribution in [0.25, 0.3) is 0 Å². The Morgan fingerprint density at radius 2 is 1.95 bits per heavy atom. The summed E-state index contributed by atoms with van der Waals surface area (Å²) in [5.41, 5.74) is 0.765. The third kappa shape index (κ3) is 4.66. The summed E-state index contributed by atoms with van der Waals surface area (Å²) >= 11 is 3.44. The third-order valence-corrected chi connectivity index (χ3v) is 3.45. The Labute approximate surface area is 124 Å². The van der Waals surface area contributed by atoms with Crippen molar-refractivity contribution in [2.45, 2.75) is 26.8 Å². The van der Waals surface area contributed by atoms with Crippen LogP contribution in [-0.4, -0.2) is 54.0 Å². The highest BCUT2D eigenvalue weighted by Crippen LogP contribution is 2.17. The molecule has 1 aromatic heterocycles. The van der Waals surface area contributed by atoms with Crippen LogP contribution in [0, 0.1) is 0 Å². The van der Waals surface area contributed by atoms with Crippen LogP contribution < -0.4 is 0 Å². The summed E-state index contributed by atoms with van der Waals surface area (Å²) in [6, 6.07) is 1.91. The highest BCUT2D eigenvalue weighted by atomic mass is 79.9. The van der Waals surface area contributed by atoms with E-state index in [-0.39, 0.29) is 5.91 Å². The summed E-state index contributed by atoms with van der Waals surface area (Å²) in [5.74, 6) is 0.122. The van der Waals surface area contributed by atoms with Gasteiger partial charge in [0, 0.05) is 36.8 Å². The highest BCUT2D eigenvalue weighted by molar-refractivity contribution is 9.10. The van der Waals surface area contributed by atoms with Gasteiger partial charge in [0.1, 0.15) is 5.69 Å². The monoisotopic (exact) mass is 329 g/mol. The van der Waals surface area contributed by atoms with Crippen molar-refractivity contribution in [1.29, 1.82) is 0 Å². The van der Waals surface area contributed by atoms with E-state index in [1.807, 2.05) is 42.7 Å². The standard InChI is InChI=1S/C14H24BrN3O/c1-5-7-18(9-8-16(3)4)14(19)13-10-12(15)11-17(13)6-2/h10-11H,5-9H2,1-4H3. The molecule has 5 heteroatoms. The number of carbonyl (C=O) groups excluding carboxylic acids is 1. The van der Waals surface area contributed by atoms with E-state index < -0.39 is 0 Å². The fourth-order valence-corrected chi connectivity index (χ4v) is 2.45. The van der Waals surface area contributed by atoms with Gasteiger partial charge in [-0.2, -0.15) is 0 Å². The molecule has 0 spiro atoms. The van der Waals surface area contributed by atoms with Gasteiger partial charge in [-0.3, -0.25) is 4.79 Å². The molecule has 1 aromatic rings. The van der Waals surface area contributed by atoms with Crippen LogP contribution in [0.15, 0.2) is 16.7 Å². The molecule has 0 aliphatic carbocycles. The van der Waals surface area contributed by atoms with Gasteiger partial charge >= 0.3 is 0 Å². The molecular weight excluding hydrogens is 306 g/mol. The lowest BCUT2D eigenvalue weighted by molar-refractivity contribution is 0.0734. The molecule has 0 N–H and O–H groups in total. The number of hydrogen-bond acceptors (Lipinski definition) is 2. The summed E-state index contributed by atoms with van der Waals surface area (Å²) in [5, 5.41) is 0. The average Bonchev–Trinajstić information content (AvgIpc) is 2.74. The zero-order chi connectivity index (χ0) is 14.4. The number of aromatic nitrogens is 1. The largest absolute Gasteiger partial charge is 0.343 e. The zero-order valence-electron chi connectivity index (χ0n) is 12.3. The Kier molecular flexibility index (Phi) is 6.58. The molecular formula is C14H24BrN3O. The Bertz CT molecular complexity index is 415. The number of nitrogens with zero attached hydrogens (tertiary/aromatic N) is 3. The first-order chi connectivity index (χ1) is 8.99. The minimum atomic E-state index is 0.122. The molecule has 1 amide bonds. The van der Waals surface area contributed by atoms with E-state index in [4.69, 9.17) is 0 Å². The van der Waals surface area contributed by atoms with Crippen molar-refractivity contribution in [3.8, 4) is 0 Å². The SMILES string of the molecule is CCCN(CCN(C)C)C(=O)c1cc(Br)cn1CC. The Balaban J connectivity index is 2.85. The number of halogens is 1. The fraction of sp³-hybridized carbons (Fsp3) is 0.643. The predicted octanol–water partition coefficient (Wildman–Crippen LogP) is 2.68. The predicted molar refractivity (Wildman–Crippen MR) is 82.6 cm³/mol. The van der Waals surface area contributed by atoms with Gasteiger partial charge < -0.3 is 14.4 Å². The lowest BCUT2D eigenvalue weighted by Crippen LogP contribution is -2.38. The normalized spacial score (nSPS) is 11.1. The fourth-order valence-electron chi connectivity index (χ4n) is 1.98. The van der Waals surface area contributed by atoms with Crippen LogP contribution in [0.1, 0.15) is 30.8 Å². The Morgan fingerprint density at radius 1 is 1.26 bits per heavy atom. The minimum Gasteiger partial charge on any atom is -0.343 e. The topological polar surface area (TPSA) is 28.5 Å². The molecule has 0 radical (unpaired) electrons. The second kappa shape index (κ2) is 7.70. The van der Waals surface area contributed by atoms with Gasteiger partial charge in [-0.25, -0.2) is 0 Å². The summed E-state index contributed by atoms with van der Waals surface area (Å²) in [6.45, 7) is 7.42. The van der Waals surface area contributed by atoms with Crippen molar-refractivity contribution >= 4 is 21.8 Å². The van der Waals surface area contributed by atoms with E-state index in [1.165, 1.54) is 0 Å². The molecule has 4 nitrogen and oxygen atoms in total. The van der Waals surface area contributed by atoms with Crippen LogP contribution in [0.2, 0.25) is 0 Å². The molecule has 0 saturated carbocycles. The molecule has 0 aliphatic heterocycles. The van der Waals surface area contributed by atoms with E-state index in [0.29, 0.717) is 0 Å². The van der Waals surface area contributed by atoms with Crippen LogP contribution in [0.4, 0.5) is 0 Å². The molecule has 0 fully saturated rings. The second-order valence-corrected chi connectivity index (χ2v) is 5.84. The van der Waals surface area contributed by atoms with Crippen molar-refractivity contribution in [1.82, 2.24) is 14.4 Å². The molecule has 0 saturated heterocycles. The van der Waals surface area contributed by atoms with E-state index in [1.54, 1.807) is 0 Å². The van der Waals surface area contributed by atoms with E-state index in [0.717, 1.165) is 42.8 Å². The van der Waals surface area contributed by atoms with E-state index in [2.05, 4.69) is 27.8 Å². The van der Waals surface area contributed by atoms with Gasteiger partial charge in [0.2, 0.25) is 0 Å². The first kappa shape index (κ1) is 16.2. The van der Waals surface area contributed by atoms with Crippen LogP contribution in [0.5, 0.6) is 0 Å². The summed E-state index contributed by atoms with van der Waals surface area (Å²) < 4.78 is 2.95. The maximum absolute atomic E-state index is 12.6. The van der Waals surface area contributed by atoms with Gasteiger partial charge in [-0.05, 0) is 49.4 Å². The van der Waals surface area contributed by atoms with E-state index in [9.17, 15) is 4.79 Å². The molecule has 108 valence electrons. The Hall–Kier alpha value is -0.810. The summed E-state index contributed by atoms with van der Waals surface area (Å²) in [6.07, 6.45) is 2.94. The number of carbonyl (C=O) groups is 1. The van der Waals surface area contributed by atoms with Crippen molar-refractivity contribution in [3.05, 3.63) is 22.4 Å². The number of aryl methyl sites for hydroxylation is 1. The molecule has 19 heavy (non-hydrogen) atoms. The summed E-state index contributed by atoms with van der Waals surface area (Å²) in [4.78, 5) is 16.6. The second-order valence-electron chi connectivity index (χ2n) is 4.93. The highest BCUT2D eigenvalue weighted by Gasteiger charge is 2.19. The third-order valence-electron chi connectivity index (χ3n) is 3.02. The first-order valence-electron chi connectivity index (χ1n) is 6.79. The van der Waals surface area contributed by atoms with E-state index >= 15 is 0 Å². The minimum absolute atomic E-state index is 0.122. The van der Waals surface area contributed by atoms with Crippen molar-refractivity contribution in [2.75, 3.05) is 33.7 Å². The number of likely N-dealkylation sites (N-methyl/N-ethyl adjacent to an activating group) is 1. The number of rotatable bonds is 7. The van der Waals surface area contributed by atoms with Crippen LogP contribution >= 0.6 is 15.9 Å².